The van der Waals surface area contributed by atoms with E-state index in [4.69, 9.17) is 17.9 Å². The maximum atomic E-state index is 9.82. The van der Waals surface area contributed by atoms with Gasteiger partial charge in [-0.15, -0.1) is 0 Å². The Morgan fingerprint density at radius 3 is 1.94 bits per heavy atom. The lowest BCUT2D eigenvalue weighted by Gasteiger charge is -2.57. The quantitative estimate of drug-likeness (QED) is 0.101. The first-order valence-electron chi connectivity index (χ1n) is 30.6. The van der Waals surface area contributed by atoms with Crippen molar-refractivity contribution in [1.82, 2.24) is 18.5 Å². The van der Waals surface area contributed by atoms with Crippen LogP contribution >= 0.6 is 0 Å². The van der Waals surface area contributed by atoms with Gasteiger partial charge in [0.05, 0.1) is 31.4 Å². The zero-order chi connectivity index (χ0) is 60.1. The van der Waals surface area contributed by atoms with Gasteiger partial charge in [0, 0.05) is 60.7 Å². The Morgan fingerprint density at radius 1 is 0.597 bits per heavy atom. The van der Waals surface area contributed by atoms with Crippen LogP contribution in [-0.2, 0) is 17.2 Å². The van der Waals surface area contributed by atoms with Gasteiger partial charge in [0.1, 0.15) is 28.7 Å². The fourth-order valence-electron chi connectivity index (χ4n) is 10.9. The Bertz CT molecular complexity index is 4260. The SMILES string of the molecule is [2H]c1c([2H])c([2H])c(-c2cccc(-c3c([2H])c([2H])c([2H])c([2H])c3[2H])c2[N@+]23[CH-][N@+](c4cc(Oc5ccc6c7cc(-c8ccccc8)ccc7n(-c7cc(C(C)(C)C)ccn7)c6c5)cc(C(C)(C)C)c4)(C2)c2cccc(C([2H])([2H])C(C)C)c23)c([2H])c1[2H]. The summed E-state index contributed by atoms with van der Waals surface area (Å²) in [5, 5.41) is 2.07. The first-order valence-corrected chi connectivity index (χ1v) is 24.6. The summed E-state index contributed by atoms with van der Waals surface area (Å²) in [5.41, 5.74) is 8.20. The van der Waals surface area contributed by atoms with Crippen molar-refractivity contribution in [2.24, 2.45) is 5.92 Å². The summed E-state index contributed by atoms with van der Waals surface area (Å²) in [6.07, 6.45) is -0.106. The minimum atomic E-state index is -1.97. The highest BCUT2D eigenvalue weighted by Gasteiger charge is 2.65. The normalized spacial score (nSPS) is 19.9. The Morgan fingerprint density at radius 2 is 1.28 bits per heavy atom. The first kappa shape index (κ1) is 33.9. The number of aromatic nitrogens is 2. The highest BCUT2D eigenvalue weighted by molar-refractivity contribution is 6.11. The third-order valence-corrected chi connectivity index (χ3v) is 14.2. The number of rotatable bonds is 10. The van der Waals surface area contributed by atoms with Crippen LogP contribution in [0.25, 0.3) is 61.0 Å². The van der Waals surface area contributed by atoms with Gasteiger partial charge in [0.25, 0.3) is 0 Å². The van der Waals surface area contributed by atoms with Gasteiger partial charge >= 0.3 is 0 Å². The third kappa shape index (κ3) is 7.57. The van der Waals surface area contributed by atoms with Gasteiger partial charge in [-0.3, -0.25) is 13.5 Å². The Labute approximate surface area is 442 Å². The van der Waals surface area contributed by atoms with E-state index in [9.17, 15) is 8.22 Å². The number of benzene rings is 8. The number of quaternary nitrogens is 2. The molecule has 5 heteroatoms. The van der Waals surface area contributed by atoms with Gasteiger partial charge in [-0.1, -0.05) is 170 Å². The molecule has 2 aromatic heterocycles. The molecule has 0 saturated carbocycles. The molecule has 0 amide bonds. The van der Waals surface area contributed by atoms with E-state index >= 15 is 0 Å². The molecule has 1 saturated heterocycles. The predicted octanol–water partition coefficient (Wildman–Crippen LogP) is 18.1. The standard InChI is InChI=1S/C67H63N4O/c1-45(2)36-50-26-18-29-62-64(50)71(65-56(47-22-14-10-15-23-47)27-19-28-57(65)48-24-16-11-17-25-48)43-70(62,44-71)53-38-52(67(6,7)8)39-55(41-53)72-54-31-32-58-59-37-49(46-20-12-9-13-21-46)30-33-60(59)69(61(58)42-54)63-40-51(34-35-68-63)66(3,4)5/h9-35,37-43,45H,36,44H2,1-8H3/q+1/t70-,71-/m1/s1/i10D,11D,14D,15D,16D,17D,22D,23D,24D,25D,36D2. The van der Waals surface area contributed by atoms with Crippen LogP contribution in [0.15, 0.2) is 200 Å². The second kappa shape index (κ2) is 17.0. The summed E-state index contributed by atoms with van der Waals surface area (Å²) in [4.78, 5) is 4.96. The summed E-state index contributed by atoms with van der Waals surface area (Å²) in [7, 11) is 0. The fraction of sp³-hybridized carbons (Fsp3) is 0.194. The van der Waals surface area contributed by atoms with Crippen molar-refractivity contribution in [2.45, 2.75) is 72.6 Å². The van der Waals surface area contributed by atoms with Gasteiger partial charge in [-0.2, -0.15) is 0 Å². The first-order chi connectivity index (χ1) is 39.6. The molecule has 2 atom stereocenters. The molecular formula is C67H63N4O+. The van der Waals surface area contributed by atoms with Crippen molar-refractivity contribution in [2.75, 3.05) is 6.67 Å². The summed E-state index contributed by atoms with van der Waals surface area (Å²) in [6.45, 7) is 18.7. The molecule has 0 spiro atoms. The van der Waals surface area contributed by atoms with Crippen LogP contribution in [0.4, 0.5) is 22.7 Å². The smallest absolute Gasteiger partial charge is 0.186 e. The van der Waals surface area contributed by atoms with Gasteiger partial charge in [-0.25, -0.2) is 4.98 Å². The van der Waals surface area contributed by atoms with Crippen molar-refractivity contribution in [3.63, 3.8) is 0 Å². The zero-order valence-corrected chi connectivity index (χ0v) is 41.8. The van der Waals surface area contributed by atoms with E-state index in [-0.39, 0.29) is 49.0 Å². The zero-order valence-electron chi connectivity index (χ0n) is 53.8. The molecular weight excluding hydrogens is 877 g/mol. The summed E-state index contributed by atoms with van der Waals surface area (Å²) < 4.78 is 119. The number of pyridine rings is 1. The van der Waals surface area contributed by atoms with Crippen molar-refractivity contribution in [3.05, 3.63) is 223 Å². The van der Waals surface area contributed by atoms with Crippen LogP contribution < -0.4 is 13.7 Å². The van der Waals surface area contributed by atoms with E-state index in [1.165, 1.54) is 0 Å². The number of hydrogen-bond acceptors (Lipinski definition) is 2. The highest BCUT2D eigenvalue weighted by Crippen LogP contribution is 2.69. The molecule has 5 heterocycles. The molecule has 0 aliphatic carbocycles. The molecule has 3 aliphatic rings. The maximum Gasteiger partial charge on any atom is 0.186 e. The molecule has 1 fully saturated rings. The summed E-state index contributed by atoms with van der Waals surface area (Å²) in [5.74, 6) is 1.33. The van der Waals surface area contributed by atoms with Crippen LogP contribution in [0.5, 0.6) is 11.5 Å². The summed E-state index contributed by atoms with van der Waals surface area (Å²) >= 11 is 0. The Kier molecular flexibility index (Phi) is 8.03. The lowest BCUT2D eigenvalue weighted by molar-refractivity contribution is 0.187. The fourth-order valence-corrected chi connectivity index (χ4v) is 10.9. The van der Waals surface area contributed by atoms with Crippen LogP contribution in [-0.4, -0.2) is 16.2 Å². The minimum absolute atomic E-state index is 0.0270. The average Bonchev–Trinajstić information content (AvgIpc) is 1.48. The van der Waals surface area contributed by atoms with E-state index < -0.39 is 78.1 Å². The lowest BCUT2D eigenvalue weighted by Crippen LogP contribution is -2.67. The van der Waals surface area contributed by atoms with Gasteiger partial charge in [0.2, 0.25) is 0 Å². The highest BCUT2D eigenvalue weighted by atomic mass is 16.5. The largest absolute Gasteiger partial charge is 0.457 e. The molecule has 72 heavy (non-hydrogen) atoms. The van der Waals surface area contributed by atoms with E-state index in [1.807, 2.05) is 61.4 Å². The van der Waals surface area contributed by atoms with E-state index in [0.717, 1.165) is 55.6 Å². The van der Waals surface area contributed by atoms with E-state index in [0.29, 0.717) is 28.4 Å². The van der Waals surface area contributed by atoms with Gasteiger partial charge in [0.15, 0.2) is 18.0 Å². The lowest BCUT2D eigenvalue weighted by atomic mass is 9.86. The summed E-state index contributed by atoms with van der Waals surface area (Å²) in [6, 6.07) is 38.3. The molecule has 0 radical (unpaired) electrons. The topological polar surface area (TPSA) is 27.1 Å². The molecule has 5 nitrogen and oxygen atoms in total. The van der Waals surface area contributed by atoms with Crippen LogP contribution in [0.1, 0.15) is 88.5 Å². The van der Waals surface area contributed by atoms with Crippen molar-refractivity contribution in [3.8, 4) is 50.7 Å². The van der Waals surface area contributed by atoms with Crippen LogP contribution in [0.3, 0.4) is 0 Å². The molecule has 3 aliphatic heterocycles. The number of fused-ring (bicyclic) bond motifs is 3. The van der Waals surface area contributed by atoms with Crippen molar-refractivity contribution in [1.29, 1.82) is 0 Å². The maximum absolute atomic E-state index is 9.82. The van der Waals surface area contributed by atoms with Crippen LogP contribution in [0.2, 0.25) is 0 Å². The monoisotopic (exact) mass is 952 g/mol. The predicted molar refractivity (Wildman–Crippen MR) is 302 cm³/mol. The van der Waals surface area contributed by atoms with Gasteiger partial charge < -0.3 is 4.74 Å². The Balaban J connectivity index is 1.09. The second-order valence-electron chi connectivity index (χ2n) is 21.5. The van der Waals surface area contributed by atoms with E-state index in [1.54, 1.807) is 38.1 Å². The molecule has 0 N–H and O–H groups in total. The van der Waals surface area contributed by atoms with E-state index in [2.05, 4.69) is 107 Å². The number of nitrogens with zero attached hydrogens (tertiary/aromatic N) is 4. The molecule has 8 aromatic carbocycles. The number of para-hydroxylation sites is 2. The van der Waals surface area contributed by atoms with Gasteiger partial charge in [-0.05, 0) is 111 Å². The Hall–Kier alpha value is -7.57. The average molecular weight is 952 g/mol. The van der Waals surface area contributed by atoms with Crippen molar-refractivity contribution < 1.29 is 21.2 Å². The molecule has 10 aromatic rings. The third-order valence-electron chi connectivity index (χ3n) is 14.2. The van der Waals surface area contributed by atoms with Crippen molar-refractivity contribution >= 4 is 44.6 Å². The van der Waals surface area contributed by atoms with Crippen LogP contribution in [0, 0.1) is 12.6 Å². The molecule has 2 bridgehead atoms. The molecule has 13 rings (SSSR count). The number of ether oxygens (including phenoxy) is 1. The molecule has 356 valence electrons. The minimum Gasteiger partial charge on any atom is -0.457 e. The second-order valence-corrected chi connectivity index (χ2v) is 21.5. The molecule has 0 unspecified atom stereocenters. The number of hydrogen-bond donors (Lipinski definition) is 0.